The van der Waals surface area contributed by atoms with Gasteiger partial charge >= 0.3 is 0 Å². The molecule has 0 unspecified atom stereocenters. The molecule has 182 valence electrons. The summed E-state index contributed by atoms with van der Waals surface area (Å²) in [5.74, 6) is -0.257. The van der Waals surface area contributed by atoms with Crippen molar-refractivity contribution in [3.63, 3.8) is 0 Å². The molecular formula is C23H26ClF3N6O. The van der Waals surface area contributed by atoms with E-state index in [2.05, 4.69) is 25.2 Å². The van der Waals surface area contributed by atoms with Crippen LogP contribution >= 0.6 is 12.4 Å². The molecule has 0 saturated carbocycles. The van der Waals surface area contributed by atoms with Crippen LogP contribution in [0.2, 0.25) is 0 Å². The fourth-order valence-corrected chi connectivity index (χ4v) is 3.79. The number of nitrogens with zero attached hydrogens (tertiary/aromatic N) is 4. The number of nitrogens with one attached hydrogen (secondary N) is 1. The molecular weight excluding hydrogens is 469 g/mol. The Morgan fingerprint density at radius 1 is 1.06 bits per heavy atom. The van der Waals surface area contributed by atoms with Crippen molar-refractivity contribution in [3.8, 4) is 28.3 Å². The number of benzene rings is 1. The van der Waals surface area contributed by atoms with E-state index in [0.717, 1.165) is 26.2 Å². The summed E-state index contributed by atoms with van der Waals surface area (Å²) in [6.45, 7) is 6.28. The Morgan fingerprint density at radius 3 is 2.44 bits per heavy atom. The lowest BCUT2D eigenvalue weighted by molar-refractivity contribution is 0.146. The highest BCUT2D eigenvalue weighted by atomic mass is 35.5. The van der Waals surface area contributed by atoms with Crippen molar-refractivity contribution in [2.24, 2.45) is 0 Å². The number of hydrogen-bond donors (Lipinski definition) is 2. The number of aromatic nitrogens is 3. The topological polar surface area (TPSA) is 89.2 Å². The first-order chi connectivity index (χ1) is 15.9. The van der Waals surface area contributed by atoms with Crippen molar-refractivity contribution in [2.45, 2.75) is 13.3 Å². The quantitative estimate of drug-likeness (QED) is 0.515. The number of nitrogen functional groups attached to an aromatic ring is 1. The molecule has 1 saturated heterocycles. The molecule has 1 aliphatic heterocycles. The normalized spacial score (nSPS) is 14.1. The van der Waals surface area contributed by atoms with Crippen LogP contribution in [0.1, 0.15) is 17.8 Å². The fraction of sp³-hybridized carbons (Fsp3) is 0.348. The molecule has 3 aromatic rings. The van der Waals surface area contributed by atoms with Gasteiger partial charge in [-0.25, -0.2) is 18.2 Å². The number of ether oxygens (including phenoxy) is 1. The van der Waals surface area contributed by atoms with Crippen LogP contribution in [0.5, 0.6) is 5.88 Å². The summed E-state index contributed by atoms with van der Waals surface area (Å²) in [4.78, 5) is 14.8. The molecule has 1 aromatic carbocycles. The van der Waals surface area contributed by atoms with E-state index in [0.29, 0.717) is 41.2 Å². The van der Waals surface area contributed by atoms with Crippen LogP contribution in [0.15, 0.2) is 36.4 Å². The van der Waals surface area contributed by atoms with Gasteiger partial charge in [-0.3, -0.25) is 9.88 Å². The van der Waals surface area contributed by atoms with Crippen LogP contribution in [-0.4, -0.2) is 59.2 Å². The van der Waals surface area contributed by atoms with Gasteiger partial charge in [-0.05, 0) is 48.9 Å². The third-order valence-corrected chi connectivity index (χ3v) is 5.35. The Morgan fingerprint density at radius 2 is 1.76 bits per heavy atom. The molecule has 34 heavy (non-hydrogen) atoms. The van der Waals surface area contributed by atoms with E-state index in [9.17, 15) is 13.2 Å². The molecule has 0 amide bonds. The minimum atomic E-state index is -2.75. The van der Waals surface area contributed by atoms with E-state index in [1.165, 1.54) is 18.2 Å². The minimum absolute atomic E-state index is 0. The predicted molar refractivity (Wildman–Crippen MR) is 127 cm³/mol. The summed E-state index contributed by atoms with van der Waals surface area (Å²) in [5, 5.41) is 3.30. The molecule has 7 nitrogen and oxygen atoms in total. The third-order valence-electron chi connectivity index (χ3n) is 5.35. The second-order valence-corrected chi connectivity index (χ2v) is 7.78. The molecule has 3 heterocycles. The standard InChI is InChI=1S/C23H25F3N6O.ClH/c1-14-12-16(13-18(29-14)21(25)26)19-20(15-2-4-17(24)5-3-15)30-23(27)31-22(19)33-11-10-32-8-6-28-7-9-32;/h2-5,12-13,21,28H,6-11H2,1H3,(H2,27,30,31);1H. The van der Waals surface area contributed by atoms with E-state index < -0.39 is 12.2 Å². The van der Waals surface area contributed by atoms with Crippen LogP contribution < -0.4 is 15.8 Å². The number of alkyl halides is 2. The average molecular weight is 495 g/mol. The van der Waals surface area contributed by atoms with Crippen molar-refractivity contribution in [2.75, 3.05) is 45.1 Å². The SMILES string of the molecule is Cc1cc(-c2c(OCCN3CCNCC3)nc(N)nc2-c2ccc(F)cc2)cc(C(F)F)n1.Cl. The fourth-order valence-electron chi connectivity index (χ4n) is 3.79. The molecule has 0 atom stereocenters. The number of aryl methyl sites for hydroxylation is 1. The second kappa shape index (κ2) is 11.5. The van der Waals surface area contributed by atoms with E-state index in [-0.39, 0.29) is 29.9 Å². The first-order valence-corrected chi connectivity index (χ1v) is 10.7. The number of pyridine rings is 1. The van der Waals surface area contributed by atoms with Crippen LogP contribution in [0.25, 0.3) is 22.4 Å². The highest BCUT2D eigenvalue weighted by Crippen LogP contribution is 2.39. The van der Waals surface area contributed by atoms with E-state index in [1.54, 1.807) is 25.1 Å². The van der Waals surface area contributed by atoms with Gasteiger partial charge < -0.3 is 15.8 Å². The summed E-state index contributed by atoms with van der Waals surface area (Å²) >= 11 is 0. The zero-order valence-corrected chi connectivity index (χ0v) is 19.4. The molecule has 0 spiro atoms. The number of anilines is 1. The summed E-state index contributed by atoms with van der Waals surface area (Å²) in [6.07, 6.45) is -2.75. The van der Waals surface area contributed by atoms with Crippen molar-refractivity contribution < 1.29 is 17.9 Å². The molecule has 0 aliphatic carbocycles. The lowest BCUT2D eigenvalue weighted by Gasteiger charge is -2.27. The Labute approximate surface area is 202 Å². The molecule has 0 bridgehead atoms. The van der Waals surface area contributed by atoms with E-state index in [4.69, 9.17) is 10.5 Å². The number of nitrogens with two attached hydrogens (primary N) is 1. The van der Waals surface area contributed by atoms with Crippen LogP contribution in [0.4, 0.5) is 19.1 Å². The summed E-state index contributed by atoms with van der Waals surface area (Å²) in [7, 11) is 0. The summed E-state index contributed by atoms with van der Waals surface area (Å²) in [6, 6.07) is 8.65. The molecule has 0 radical (unpaired) electrons. The maximum atomic E-state index is 13.5. The molecule has 1 fully saturated rings. The maximum absolute atomic E-state index is 13.5. The minimum Gasteiger partial charge on any atom is -0.476 e. The van der Waals surface area contributed by atoms with Crippen molar-refractivity contribution >= 4 is 18.4 Å². The maximum Gasteiger partial charge on any atom is 0.280 e. The zero-order valence-electron chi connectivity index (χ0n) is 18.6. The lowest BCUT2D eigenvalue weighted by Crippen LogP contribution is -2.44. The first kappa shape index (κ1) is 25.7. The predicted octanol–water partition coefficient (Wildman–Crippen LogP) is 3.88. The molecule has 4 rings (SSSR count). The van der Waals surface area contributed by atoms with Crippen molar-refractivity contribution in [1.82, 2.24) is 25.2 Å². The average Bonchev–Trinajstić information content (AvgIpc) is 2.79. The molecule has 11 heteroatoms. The number of rotatable bonds is 7. The van der Waals surface area contributed by atoms with E-state index >= 15 is 0 Å². The smallest absolute Gasteiger partial charge is 0.280 e. The molecule has 1 aliphatic rings. The Kier molecular flexibility index (Phi) is 8.65. The van der Waals surface area contributed by atoms with Gasteiger partial charge in [0.05, 0.1) is 11.3 Å². The highest BCUT2D eigenvalue weighted by molar-refractivity contribution is 5.85. The van der Waals surface area contributed by atoms with Gasteiger partial charge in [0.2, 0.25) is 11.8 Å². The Balaban J connectivity index is 0.00000324. The number of piperazine rings is 1. The van der Waals surface area contributed by atoms with Gasteiger partial charge in [0.1, 0.15) is 18.1 Å². The largest absolute Gasteiger partial charge is 0.476 e. The van der Waals surface area contributed by atoms with Gasteiger partial charge in [-0.15, -0.1) is 12.4 Å². The lowest BCUT2D eigenvalue weighted by atomic mass is 9.99. The zero-order chi connectivity index (χ0) is 23.4. The van der Waals surface area contributed by atoms with Crippen molar-refractivity contribution in [1.29, 1.82) is 0 Å². The monoisotopic (exact) mass is 494 g/mol. The number of hydrogen-bond acceptors (Lipinski definition) is 7. The number of halogens is 4. The summed E-state index contributed by atoms with van der Waals surface area (Å²) < 4.78 is 46.5. The third kappa shape index (κ3) is 6.13. The van der Waals surface area contributed by atoms with Crippen molar-refractivity contribution in [3.05, 3.63) is 53.6 Å². The Bertz CT molecular complexity index is 1110. The van der Waals surface area contributed by atoms with Crippen LogP contribution in [0.3, 0.4) is 0 Å². The van der Waals surface area contributed by atoms with Gasteiger partial charge in [-0.2, -0.15) is 4.98 Å². The second-order valence-electron chi connectivity index (χ2n) is 7.78. The van der Waals surface area contributed by atoms with Crippen LogP contribution in [0, 0.1) is 12.7 Å². The first-order valence-electron chi connectivity index (χ1n) is 10.7. The van der Waals surface area contributed by atoms with Gasteiger partial charge in [-0.1, -0.05) is 0 Å². The molecule has 3 N–H and O–H groups in total. The van der Waals surface area contributed by atoms with Gasteiger partial charge in [0, 0.05) is 44.0 Å². The Hall–Kier alpha value is -2.95. The van der Waals surface area contributed by atoms with Crippen LogP contribution in [-0.2, 0) is 0 Å². The van der Waals surface area contributed by atoms with Gasteiger partial charge in [0.15, 0.2) is 0 Å². The molecule has 2 aromatic heterocycles. The van der Waals surface area contributed by atoms with E-state index in [1.807, 2.05) is 0 Å². The summed E-state index contributed by atoms with van der Waals surface area (Å²) in [5.41, 5.74) is 7.77. The highest BCUT2D eigenvalue weighted by Gasteiger charge is 2.22. The van der Waals surface area contributed by atoms with Gasteiger partial charge in [0.25, 0.3) is 6.43 Å².